The van der Waals surface area contributed by atoms with Crippen LogP contribution in [0.25, 0.3) is 0 Å². The van der Waals surface area contributed by atoms with Gasteiger partial charge in [0.05, 0.1) is 12.1 Å². The zero-order chi connectivity index (χ0) is 20.6. The number of rotatable bonds is 7. The minimum Gasteiger partial charge on any atom is -0.495 e. The molecule has 0 aliphatic rings. The molecule has 0 fully saturated rings. The predicted molar refractivity (Wildman–Crippen MR) is 114 cm³/mol. The highest BCUT2D eigenvalue weighted by Crippen LogP contribution is 2.27. The highest BCUT2D eigenvalue weighted by atomic mass is 35.5. The fraction of sp³-hybridized carbons (Fsp3) is 0.130. The van der Waals surface area contributed by atoms with E-state index in [4.69, 9.17) is 16.3 Å². The molecule has 6 heteroatoms. The summed E-state index contributed by atoms with van der Waals surface area (Å²) in [5.74, 6) is -0.128. The van der Waals surface area contributed by atoms with Crippen LogP contribution in [0.1, 0.15) is 15.9 Å². The van der Waals surface area contributed by atoms with Crippen molar-refractivity contribution in [3.05, 3.63) is 95.0 Å². The van der Waals surface area contributed by atoms with E-state index in [1.807, 2.05) is 36.4 Å². The lowest BCUT2D eigenvalue weighted by molar-refractivity contribution is -0.118. The maximum Gasteiger partial charge on any atom is 0.251 e. The Morgan fingerprint density at radius 1 is 0.966 bits per heavy atom. The Morgan fingerprint density at radius 3 is 2.24 bits per heavy atom. The van der Waals surface area contributed by atoms with Crippen LogP contribution in [-0.4, -0.2) is 25.0 Å². The number of halogens is 1. The van der Waals surface area contributed by atoms with E-state index in [2.05, 4.69) is 10.6 Å². The molecule has 0 saturated heterocycles. The number of methoxy groups -OCH3 is 1. The summed E-state index contributed by atoms with van der Waals surface area (Å²) in [6.07, 6.45) is 0.356. The summed E-state index contributed by atoms with van der Waals surface area (Å²) in [6.45, 7) is 0. The van der Waals surface area contributed by atoms with Crippen LogP contribution in [0.2, 0.25) is 5.02 Å². The van der Waals surface area contributed by atoms with E-state index >= 15 is 0 Å². The van der Waals surface area contributed by atoms with Gasteiger partial charge in [-0.05, 0) is 35.9 Å². The van der Waals surface area contributed by atoms with Crippen molar-refractivity contribution >= 4 is 29.1 Å². The molecule has 3 aromatic rings. The molecule has 0 radical (unpaired) electrons. The summed E-state index contributed by atoms with van der Waals surface area (Å²) < 4.78 is 5.13. The molecule has 1 atom stereocenters. The van der Waals surface area contributed by atoms with Crippen molar-refractivity contribution in [2.24, 2.45) is 0 Å². The van der Waals surface area contributed by atoms with E-state index in [-0.39, 0.29) is 11.8 Å². The first-order valence-electron chi connectivity index (χ1n) is 9.11. The fourth-order valence-electron chi connectivity index (χ4n) is 2.86. The Labute approximate surface area is 174 Å². The van der Waals surface area contributed by atoms with Crippen molar-refractivity contribution in [2.45, 2.75) is 12.5 Å². The number of ether oxygens (including phenoxy) is 1. The van der Waals surface area contributed by atoms with Gasteiger partial charge in [0.2, 0.25) is 5.91 Å². The van der Waals surface area contributed by atoms with Crippen molar-refractivity contribution in [3.8, 4) is 5.75 Å². The van der Waals surface area contributed by atoms with Crippen LogP contribution in [0, 0.1) is 0 Å². The first-order valence-corrected chi connectivity index (χ1v) is 9.49. The second kappa shape index (κ2) is 9.75. The van der Waals surface area contributed by atoms with E-state index < -0.39 is 6.04 Å². The largest absolute Gasteiger partial charge is 0.495 e. The number of hydrogen-bond acceptors (Lipinski definition) is 3. The van der Waals surface area contributed by atoms with Crippen molar-refractivity contribution in [1.82, 2.24) is 5.32 Å². The lowest BCUT2D eigenvalue weighted by atomic mass is 10.0. The molecule has 0 bridgehead atoms. The normalized spacial score (nSPS) is 11.4. The third-order valence-corrected chi connectivity index (χ3v) is 4.66. The maximum atomic E-state index is 12.9. The topological polar surface area (TPSA) is 67.4 Å². The molecular weight excluding hydrogens is 388 g/mol. The molecule has 0 aliphatic heterocycles. The second-order valence-corrected chi connectivity index (χ2v) is 6.83. The van der Waals surface area contributed by atoms with Gasteiger partial charge in [0.25, 0.3) is 5.91 Å². The first-order chi connectivity index (χ1) is 14.1. The molecule has 3 aromatic carbocycles. The number of hydrogen-bond donors (Lipinski definition) is 2. The van der Waals surface area contributed by atoms with Gasteiger partial charge in [-0.15, -0.1) is 0 Å². The minimum absolute atomic E-state index is 0.311. The van der Waals surface area contributed by atoms with E-state index in [0.29, 0.717) is 28.4 Å². The van der Waals surface area contributed by atoms with Crippen LogP contribution in [0.3, 0.4) is 0 Å². The molecule has 0 unspecified atom stereocenters. The molecule has 2 amide bonds. The predicted octanol–water partition coefficient (Wildman–Crippen LogP) is 4.33. The number of benzene rings is 3. The van der Waals surface area contributed by atoms with Crippen molar-refractivity contribution in [3.63, 3.8) is 0 Å². The zero-order valence-electron chi connectivity index (χ0n) is 15.9. The molecule has 5 nitrogen and oxygen atoms in total. The van der Waals surface area contributed by atoms with E-state index in [1.54, 1.807) is 42.5 Å². The number of amides is 2. The first kappa shape index (κ1) is 20.4. The fourth-order valence-corrected chi connectivity index (χ4v) is 3.12. The van der Waals surface area contributed by atoms with Crippen LogP contribution >= 0.6 is 11.6 Å². The molecule has 0 heterocycles. The van der Waals surface area contributed by atoms with Crippen molar-refractivity contribution in [2.75, 3.05) is 12.4 Å². The van der Waals surface area contributed by atoms with Crippen molar-refractivity contribution in [1.29, 1.82) is 0 Å². The SMILES string of the molecule is COc1ccc(NC(=O)[C@H](Cc2ccccc2)NC(=O)c2ccccc2)cc1Cl. The zero-order valence-corrected chi connectivity index (χ0v) is 16.6. The highest BCUT2D eigenvalue weighted by molar-refractivity contribution is 6.32. The Balaban J connectivity index is 1.78. The molecular formula is C23H21ClN2O3. The molecule has 3 rings (SSSR count). The molecule has 148 valence electrons. The summed E-state index contributed by atoms with van der Waals surface area (Å²) in [4.78, 5) is 25.6. The van der Waals surface area contributed by atoms with Crippen LogP contribution in [0.5, 0.6) is 5.75 Å². The van der Waals surface area contributed by atoms with Gasteiger partial charge in [-0.1, -0.05) is 60.1 Å². The Kier molecular flexibility index (Phi) is 6.87. The Hall–Kier alpha value is -3.31. The van der Waals surface area contributed by atoms with E-state index in [1.165, 1.54) is 7.11 Å². The number of carbonyl (C=O) groups is 2. The van der Waals surface area contributed by atoms with Gasteiger partial charge in [-0.3, -0.25) is 9.59 Å². The summed E-state index contributed by atoms with van der Waals surface area (Å²) in [5.41, 5.74) is 1.95. The van der Waals surface area contributed by atoms with Gasteiger partial charge in [0.15, 0.2) is 0 Å². The number of anilines is 1. The van der Waals surface area contributed by atoms with Crippen LogP contribution in [-0.2, 0) is 11.2 Å². The van der Waals surface area contributed by atoms with Crippen molar-refractivity contribution < 1.29 is 14.3 Å². The van der Waals surface area contributed by atoms with Gasteiger partial charge in [-0.25, -0.2) is 0 Å². The summed E-state index contributed by atoms with van der Waals surface area (Å²) in [6, 6.07) is 22.5. The minimum atomic E-state index is -0.758. The van der Waals surface area contributed by atoms with Crippen LogP contribution in [0.15, 0.2) is 78.9 Å². The van der Waals surface area contributed by atoms with Gasteiger partial charge >= 0.3 is 0 Å². The molecule has 0 aliphatic carbocycles. The standard InChI is InChI=1S/C23H21ClN2O3/c1-29-21-13-12-18(15-19(21)24)25-23(28)20(14-16-8-4-2-5-9-16)26-22(27)17-10-6-3-7-11-17/h2-13,15,20H,14H2,1H3,(H,25,28)(H,26,27)/t20-/m0/s1. The Morgan fingerprint density at radius 2 is 1.62 bits per heavy atom. The van der Waals surface area contributed by atoms with Gasteiger partial charge < -0.3 is 15.4 Å². The van der Waals surface area contributed by atoms with Gasteiger partial charge in [0.1, 0.15) is 11.8 Å². The smallest absolute Gasteiger partial charge is 0.251 e. The monoisotopic (exact) mass is 408 g/mol. The van der Waals surface area contributed by atoms with E-state index in [0.717, 1.165) is 5.56 Å². The average Bonchev–Trinajstić information content (AvgIpc) is 2.74. The lowest BCUT2D eigenvalue weighted by Gasteiger charge is -2.19. The summed E-state index contributed by atoms with van der Waals surface area (Å²) >= 11 is 6.14. The van der Waals surface area contributed by atoms with Gasteiger partial charge in [-0.2, -0.15) is 0 Å². The molecule has 2 N–H and O–H groups in total. The average molecular weight is 409 g/mol. The third kappa shape index (κ3) is 5.59. The maximum absolute atomic E-state index is 12.9. The molecule has 29 heavy (non-hydrogen) atoms. The van der Waals surface area contributed by atoms with Crippen LogP contribution < -0.4 is 15.4 Å². The number of nitrogens with one attached hydrogen (secondary N) is 2. The highest BCUT2D eigenvalue weighted by Gasteiger charge is 2.22. The van der Waals surface area contributed by atoms with Gasteiger partial charge in [0, 0.05) is 17.7 Å². The Bertz CT molecular complexity index is 978. The number of carbonyl (C=O) groups excluding carboxylic acids is 2. The summed E-state index contributed by atoms with van der Waals surface area (Å²) in [7, 11) is 1.52. The lowest BCUT2D eigenvalue weighted by Crippen LogP contribution is -2.45. The van der Waals surface area contributed by atoms with E-state index in [9.17, 15) is 9.59 Å². The summed E-state index contributed by atoms with van der Waals surface area (Å²) in [5, 5.41) is 6.04. The second-order valence-electron chi connectivity index (χ2n) is 6.42. The molecule has 0 saturated carbocycles. The molecule has 0 aromatic heterocycles. The quantitative estimate of drug-likeness (QED) is 0.611. The molecule has 0 spiro atoms. The van der Waals surface area contributed by atoms with Crippen LogP contribution in [0.4, 0.5) is 5.69 Å². The third-order valence-electron chi connectivity index (χ3n) is 4.36.